The smallest absolute Gasteiger partial charge is 0.257 e. The van der Waals surface area contributed by atoms with Gasteiger partial charge >= 0.3 is 0 Å². The van der Waals surface area contributed by atoms with Gasteiger partial charge in [0.15, 0.2) is 11.5 Å². The maximum absolute atomic E-state index is 13.8. The van der Waals surface area contributed by atoms with Crippen LogP contribution in [0.1, 0.15) is 23.6 Å². The molecule has 8 heteroatoms. The molecule has 156 valence electrons. The van der Waals surface area contributed by atoms with Crippen molar-refractivity contribution in [2.24, 2.45) is 5.10 Å². The third kappa shape index (κ3) is 3.76. The van der Waals surface area contributed by atoms with Crippen LogP contribution in [0.5, 0.6) is 11.5 Å². The van der Waals surface area contributed by atoms with Crippen LogP contribution in [0.3, 0.4) is 0 Å². The Labute approximate surface area is 173 Å². The summed E-state index contributed by atoms with van der Waals surface area (Å²) in [6.45, 7) is 3.13. The van der Waals surface area contributed by atoms with Crippen LogP contribution < -0.4 is 9.47 Å². The maximum Gasteiger partial charge on any atom is 0.257 e. The zero-order valence-electron chi connectivity index (χ0n) is 16.4. The van der Waals surface area contributed by atoms with E-state index in [2.05, 4.69) is 10.0 Å². The molecule has 2 aromatic carbocycles. The molecule has 0 radical (unpaired) electrons. The van der Waals surface area contributed by atoms with Crippen molar-refractivity contribution in [2.45, 2.75) is 12.5 Å². The van der Waals surface area contributed by atoms with E-state index in [-0.39, 0.29) is 31.1 Å². The van der Waals surface area contributed by atoms with Crippen molar-refractivity contribution in [3.05, 3.63) is 59.4 Å². The van der Waals surface area contributed by atoms with Crippen molar-refractivity contribution < 1.29 is 23.4 Å². The first-order valence-corrected chi connectivity index (χ1v) is 10.0. The lowest BCUT2D eigenvalue weighted by molar-refractivity contribution is -0.135. The van der Waals surface area contributed by atoms with E-state index in [0.717, 1.165) is 18.7 Å². The molecule has 0 unspecified atom stereocenters. The van der Waals surface area contributed by atoms with Crippen molar-refractivity contribution in [1.82, 2.24) is 9.91 Å². The summed E-state index contributed by atoms with van der Waals surface area (Å²) in [6, 6.07) is 11.7. The highest BCUT2D eigenvalue weighted by Gasteiger charge is 2.34. The van der Waals surface area contributed by atoms with Crippen LogP contribution in [0.15, 0.2) is 47.6 Å². The molecule has 3 aliphatic rings. The second-order valence-corrected chi connectivity index (χ2v) is 7.52. The van der Waals surface area contributed by atoms with Gasteiger partial charge in [-0.25, -0.2) is 9.40 Å². The van der Waals surface area contributed by atoms with Crippen molar-refractivity contribution in [3.63, 3.8) is 0 Å². The second-order valence-electron chi connectivity index (χ2n) is 7.52. The summed E-state index contributed by atoms with van der Waals surface area (Å²) in [5.74, 6) is 0.931. The molecule has 0 aromatic heterocycles. The number of hydrogen-bond acceptors (Lipinski definition) is 6. The minimum atomic E-state index is -0.326. The van der Waals surface area contributed by atoms with E-state index in [0.29, 0.717) is 42.4 Å². The maximum atomic E-state index is 13.8. The van der Waals surface area contributed by atoms with Gasteiger partial charge in [0.25, 0.3) is 5.91 Å². The summed E-state index contributed by atoms with van der Waals surface area (Å²) >= 11 is 0. The van der Waals surface area contributed by atoms with Crippen molar-refractivity contribution in [2.75, 3.05) is 39.6 Å². The Morgan fingerprint density at radius 1 is 1.10 bits per heavy atom. The topological polar surface area (TPSA) is 63.6 Å². The normalized spacial score (nSPS) is 21.0. The van der Waals surface area contributed by atoms with Crippen molar-refractivity contribution in [3.8, 4) is 11.5 Å². The third-order valence-corrected chi connectivity index (χ3v) is 5.57. The first-order chi connectivity index (χ1) is 14.7. The van der Waals surface area contributed by atoms with E-state index in [1.807, 2.05) is 24.3 Å². The molecule has 1 saturated heterocycles. The van der Waals surface area contributed by atoms with Gasteiger partial charge in [0.05, 0.1) is 31.5 Å². The average molecular weight is 411 g/mol. The van der Waals surface area contributed by atoms with Crippen LogP contribution in [0.2, 0.25) is 0 Å². The minimum absolute atomic E-state index is 0.0917. The number of carbonyl (C=O) groups excluding carboxylic acids is 1. The van der Waals surface area contributed by atoms with Gasteiger partial charge in [-0.1, -0.05) is 18.2 Å². The minimum Gasteiger partial charge on any atom is -0.454 e. The van der Waals surface area contributed by atoms with Gasteiger partial charge in [0.1, 0.15) is 5.82 Å². The first-order valence-electron chi connectivity index (χ1n) is 10.0. The number of ether oxygens (including phenoxy) is 3. The number of benzene rings is 2. The van der Waals surface area contributed by atoms with Gasteiger partial charge in [-0.2, -0.15) is 5.10 Å². The van der Waals surface area contributed by atoms with Crippen LogP contribution in [0.4, 0.5) is 4.39 Å². The zero-order chi connectivity index (χ0) is 20.5. The Morgan fingerprint density at radius 3 is 2.77 bits per heavy atom. The van der Waals surface area contributed by atoms with E-state index >= 15 is 0 Å². The molecule has 5 rings (SSSR count). The predicted molar refractivity (Wildman–Crippen MR) is 107 cm³/mol. The number of carbonyl (C=O) groups is 1. The highest BCUT2D eigenvalue weighted by atomic mass is 19.1. The molecule has 3 aliphatic heterocycles. The molecule has 0 bridgehead atoms. The van der Waals surface area contributed by atoms with E-state index in [1.165, 1.54) is 17.1 Å². The quantitative estimate of drug-likeness (QED) is 0.774. The van der Waals surface area contributed by atoms with Crippen LogP contribution in [0, 0.1) is 5.82 Å². The molecule has 1 atom stereocenters. The number of hydrogen-bond donors (Lipinski definition) is 0. The molecule has 0 aliphatic carbocycles. The summed E-state index contributed by atoms with van der Waals surface area (Å²) in [5.41, 5.74) is 2.28. The van der Waals surface area contributed by atoms with Gasteiger partial charge in [0.2, 0.25) is 6.79 Å². The number of fused-ring (bicyclic) bond motifs is 1. The van der Waals surface area contributed by atoms with Gasteiger partial charge in [-0.05, 0) is 29.8 Å². The highest BCUT2D eigenvalue weighted by Crippen LogP contribution is 2.39. The van der Waals surface area contributed by atoms with E-state index < -0.39 is 0 Å². The third-order valence-electron chi connectivity index (χ3n) is 5.57. The Balaban J connectivity index is 1.44. The number of nitrogens with zero attached hydrogens (tertiary/aromatic N) is 3. The fourth-order valence-corrected chi connectivity index (χ4v) is 3.99. The summed E-state index contributed by atoms with van der Waals surface area (Å²) < 4.78 is 30.1. The summed E-state index contributed by atoms with van der Waals surface area (Å²) in [6.07, 6.45) is 0.498. The van der Waals surface area contributed by atoms with Gasteiger partial charge in [0, 0.05) is 25.1 Å². The highest BCUT2D eigenvalue weighted by molar-refractivity contribution is 6.03. The van der Waals surface area contributed by atoms with Gasteiger partial charge in [-0.3, -0.25) is 9.69 Å². The van der Waals surface area contributed by atoms with E-state index in [9.17, 15) is 9.18 Å². The van der Waals surface area contributed by atoms with Crippen LogP contribution in [-0.4, -0.2) is 61.2 Å². The molecule has 0 N–H and O–H groups in total. The summed E-state index contributed by atoms with van der Waals surface area (Å²) in [5, 5.41) is 6.15. The first kappa shape index (κ1) is 19.0. The van der Waals surface area contributed by atoms with E-state index in [1.54, 1.807) is 6.07 Å². The molecule has 3 heterocycles. The number of amides is 1. The van der Waals surface area contributed by atoms with Crippen LogP contribution in [0.25, 0.3) is 0 Å². The molecule has 7 nitrogen and oxygen atoms in total. The van der Waals surface area contributed by atoms with Crippen molar-refractivity contribution >= 4 is 11.6 Å². The lowest BCUT2D eigenvalue weighted by atomic mass is 9.98. The summed E-state index contributed by atoms with van der Waals surface area (Å²) in [4.78, 5) is 15.2. The zero-order valence-corrected chi connectivity index (χ0v) is 16.4. The molecular formula is C22H22FN3O4. The average Bonchev–Trinajstić information content (AvgIpc) is 3.41. The Morgan fingerprint density at radius 2 is 1.93 bits per heavy atom. The Hall–Kier alpha value is -2.97. The Bertz CT molecular complexity index is 990. The molecule has 30 heavy (non-hydrogen) atoms. The number of hydrazone groups is 1. The van der Waals surface area contributed by atoms with Crippen LogP contribution in [-0.2, 0) is 9.53 Å². The van der Waals surface area contributed by atoms with Gasteiger partial charge < -0.3 is 14.2 Å². The SMILES string of the molecule is O=C(CN1CCOCC1)N1N=C(c2cccc(F)c2)C[C@@H]1c1ccc2c(c1)OCO2. The second kappa shape index (κ2) is 8.04. The fourth-order valence-electron chi connectivity index (χ4n) is 3.99. The lowest BCUT2D eigenvalue weighted by Crippen LogP contribution is -2.43. The standard InChI is InChI=1S/C22H22FN3O4/c23-17-3-1-2-15(10-17)18-12-19(16-4-5-20-21(11-16)30-14-29-20)26(24-18)22(27)13-25-6-8-28-9-7-25/h1-5,10-11,19H,6-9,12-14H2/t19-/m1/s1. The predicted octanol–water partition coefficient (Wildman–Crippen LogP) is 2.56. The van der Waals surface area contributed by atoms with Crippen molar-refractivity contribution in [1.29, 1.82) is 0 Å². The Kier molecular flexibility index (Phi) is 5.10. The fraction of sp³-hybridized carbons (Fsp3) is 0.364. The number of morpholine rings is 1. The largest absolute Gasteiger partial charge is 0.454 e. The molecule has 1 amide bonds. The molecule has 1 fully saturated rings. The number of rotatable bonds is 4. The van der Waals surface area contributed by atoms with Crippen LogP contribution >= 0.6 is 0 Å². The molecule has 0 saturated carbocycles. The van der Waals surface area contributed by atoms with Gasteiger partial charge in [-0.15, -0.1) is 0 Å². The number of halogens is 1. The monoisotopic (exact) mass is 411 g/mol. The van der Waals surface area contributed by atoms with E-state index in [4.69, 9.17) is 14.2 Å². The summed E-state index contributed by atoms with van der Waals surface area (Å²) in [7, 11) is 0. The lowest BCUT2D eigenvalue weighted by Gasteiger charge is -2.29. The molecule has 0 spiro atoms. The molecular weight excluding hydrogens is 389 g/mol. The molecule has 2 aromatic rings.